The summed E-state index contributed by atoms with van der Waals surface area (Å²) in [4.78, 5) is -0.0846. The lowest BCUT2D eigenvalue weighted by Gasteiger charge is -2.22. The van der Waals surface area contributed by atoms with E-state index in [0.29, 0.717) is 0 Å². The Morgan fingerprint density at radius 3 is 1.80 bits per heavy atom. The summed E-state index contributed by atoms with van der Waals surface area (Å²) in [5, 5.41) is 27.4. The molecular weight excluding hydrogens is 431 g/mol. The number of aliphatic hydroxyl groups excluding tert-OH is 2. The van der Waals surface area contributed by atoms with E-state index in [1.54, 1.807) is 5.48 Å². The normalized spacial score (nSPS) is 13.3. The van der Waals surface area contributed by atoms with Gasteiger partial charge in [0.25, 0.3) is 0 Å². The minimum atomic E-state index is -4.80. The van der Waals surface area contributed by atoms with E-state index in [4.69, 9.17) is 20.2 Å². The zero-order valence-electron chi connectivity index (χ0n) is 15.4. The first-order chi connectivity index (χ1) is 14.1. The zero-order chi connectivity index (χ0) is 22.4. The molecule has 0 aliphatic carbocycles. The summed E-state index contributed by atoms with van der Waals surface area (Å²) in [5.41, 5.74) is 1.79. The minimum Gasteiger partial charge on any atom is -0.457 e. The van der Waals surface area contributed by atoms with Gasteiger partial charge in [-0.3, -0.25) is 0 Å². The zero-order valence-corrected chi connectivity index (χ0v) is 16.2. The van der Waals surface area contributed by atoms with Gasteiger partial charge in [0, 0.05) is 19.1 Å². The number of ether oxygens (including phenoxy) is 2. The third-order valence-corrected chi connectivity index (χ3v) is 5.87. The number of halogens is 3. The van der Waals surface area contributed by atoms with Crippen molar-refractivity contribution in [3.63, 3.8) is 0 Å². The molecule has 30 heavy (non-hydrogen) atoms. The number of benzene rings is 2. The molecule has 0 amide bonds. The molecule has 0 spiro atoms. The predicted molar refractivity (Wildman–Crippen MR) is 98.1 cm³/mol. The van der Waals surface area contributed by atoms with E-state index in [9.17, 15) is 21.6 Å². The van der Waals surface area contributed by atoms with E-state index in [1.165, 1.54) is 36.4 Å². The van der Waals surface area contributed by atoms with Crippen LogP contribution >= 0.6 is 0 Å². The van der Waals surface area contributed by atoms with Gasteiger partial charge in [-0.15, -0.1) is 13.2 Å². The first-order valence-corrected chi connectivity index (χ1v) is 10.2. The molecule has 0 radical (unpaired) electrons. The topological polar surface area (TPSA) is 125 Å². The van der Waals surface area contributed by atoms with Crippen molar-refractivity contribution >= 4 is 9.84 Å². The highest BCUT2D eigenvalue weighted by molar-refractivity contribution is 7.91. The van der Waals surface area contributed by atoms with Crippen LogP contribution in [-0.4, -0.2) is 55.2 Å². The molecular formula is C18H20F3NO7S. The van der Waals surface area contributed by atoms with Crippen LogP contribution in [0.5, 0.6) is 17.2 Å². The second-order valence-corrected chi connectivity index (χ2v) is 8.27. The summed E-state index contributed by atoms with van der Waals surface area (Å²) >= 11 is 0. The predicted octanol–water partition coefficient (Wildman–Crippen LogP) is 2.10. The van der Waals surface area contributed by atoms with E-state index in [0.717, 1.165) is 12.1 Å². The van der Waals surface area contributed by atoms with Crippen LogP contribution in [0.25, 0.3) is 0 Å². The van der Waals surface area contributed by atoms with Crippen molar-refractivity contribution in [2.45, 2.75) is 17.3 Å². The average molecular weight is 451 g/mol. The Labute approximate surface area is 170 Å². The maximum atomic E-state index is 12.5. The van der Waals surface area contributed by atoms with Crippen molar-refractivity contribution in [2.75, 3.05) is 19.0 Å². The van der Waals surface area contributed by atoms with Gasteiger partial charge in [0.05, 0.1) is 16.7 Å². The third-order valence-electron chi connectivity index (χ3n) is 4.08. The van der Waals surface area contributed by atoms with Gasteiger partial charge in [-0.05, 0) is 48.5 Å². The second-order valence-electron chi connectivity index (χ2n) is 6.23. The molecule has 0 saturated carbocycles. The molecule has 1 unspecified atom stereocenters. The lowest BCUT2D eigenvalue weighted by atomic mass is 10.0. The van der Waals surface area contributed by atoms with Crippen LogP contribution in [0.3, 0.4) is 0 Å². The largest absolute Gasteiger partial charge is 0.573 e. The van der Waals surface area contributed by atoms with Gasteiger partial charge in [-0.2, -0.15) is 0 Å². The fraction of sp³-hybridized carbons (Fsp3) is 0.333. The lowest BCUT2D eigenvalue weighted by Crippen LogP contribution is -2.43. The molecule has 0 saturated heterocycles. The van der Waals surface area contributed by atoms with Crippen LogP contribution in [0, 0.1) is 5.92 Å². The lowest BCUT2D eigenvalue weighted by molar-refractivity contribution is -0.274. The monoisotopic (exact) mass is 451 g/mol. The van der Waals surface area contributed by atoms with Gasteiger partial charge < -0.3 is 24.9 Å². The maximum Gasteiger partial charge on any atom is 0.573 e. The number of hydrogen-bond acceptors (Lipinski definition) is 8. The quantitative estimate of drug-likeness (QED) is 0.405. The molecule has 2 aromatic carbocycles. The first kappa shape index (κ1) is 23.9. The molecule has 0 aromatic heterocycles. The van der Waals surface area contributed by atoms with E-state index >= 15 is 0 Å². The maximum absolute atomic E-state index is 12.5. The van der Waals surface area contributed by atoms with Gasteiger partial charge >= 0.3 is 6.36 Å². The summed E-state index contributed by atoms with van der Waals surface area (Å²) in [6, 6.07) is 8.79. The van der Waals surface area contributed by atoms with Crippen LogP contribution in [0.2, 0.25) is 0 Å². The van der Waals surface area contributed by atoms with Crippen LogP contribution in [0.4, 0.5) is 13.2 Å². The summed E-state index contributed by atoms with van der Waals surface area (Å²) in [7, 11) is -3.87. The van der Waals surface area contributed by atoms with Crippen LogP contribution in [0.15, 0.2) is 53.4 Å². The second kappa shape index (κ2) is 10.1. The first-order valence-electron chi connectivity index (χ1n) is 8.56. The Morgan fingerprint density at radius 2 is 1.37 bits per heavy atom. The number of hydrogen-bond donors (Lipinski definition) is 4. The fourth-order valence-corrected chi connectivity index (χ4v) is 4.05. The average Bonchev–Trinajstić information content (AvgIpc) is 2.69. The fourth-order valence-electron chi connectivity index (χ4n) is 2.48. The van der Waals surface area contributed by atoms with Gasteiger partial charge in [0.15, 0.2) is 9.84 Å². The molecule has 0 fully saturated rings. The van der Waals surface area contributed by atoms with Crippen molar-refractivity contribution in [1.29, 1.82) is 0 Å². The SMILES string of the molecule is O=S(=O)(CC(NO)C(CO)CO)c1ccc(Oc2ccc(OC(F)(F)F)cc2)cc1. The molecule has 2 rings (SSSR count). The Morgan fingerprint density at radius 1 is 0.900 bits per heavy atom. The molecule has 0 aliphatic rings. The molecule has 4 N–H and O–H groups in total. The molecule has 0 bridgehead atoms. The van der Waals surface area contributed by atoms with E-state index in [1.807, 2.05) is 0 Å². The Balaban J connectivity index is 2.06. The van der Waals surface area contributed by atoms with Gasteiger partial charge in [0.1, 0.15) is 17.2 Å². The number of alkyl halides is 3. The number of sulfone groups is 1. The van der Waals surface area contributed by atoms with Gasteiger partial charge in [-0.1, -0.05) is 0 Å². The molecule has 0 heterocycles. The highest BCUT2D eigenvalue weighted by atomic mass is 32.2. The smallest absolute Gasteiger partial charge is 0.457 e. The molecule has 8 nitrogen and oxygen atoms in total. The van der Waals surface area contributed by atoms with Crippen LogP contribution < -0.4 is 15.0 Å². The number of aliphatic hydroxyl groups is 2. The standard InChI is InChI=1S/C18H20F3NO7S/c19-18(20,21)29-15-3-1-13(2-4-15)28-14-5-7-16(8-6-14)30(26,27)11-17(22-25)12(9-23)10-24/h1-8,12,17,22-25H,9-11H2. The number of rotatable bonds is 10. The minimum absolute atomic E-state index is 0.0846. The van der Waals surface area contributed by atoms with Crippen LogP contribution in [-0.2, 0) is 9.84 Å². The van der Waals surface area contributed by atoms with Crippen molar-refractivity contribution in [1.82, 2.24) is 5.48 Å². The van der Waals surface area contributed by atoms with Gasteiger partial charge in [-0.25, -0.2) is 13.9 Å². The number of hydroxylamine groups is 1. The molecule has 166 valence electrons. The van der Waals surface area contributed by atoms with E-state index in [-0.39, 0.29) is 16.4 Å². The Hall–Kier alpha value is -2.38. The van der Waals surface area contributed by atoms with E-state index < -0.39 is 52.9 Å². The third kappa shape index (κ3) is 6.85. The molecule has 2 aromatic rings. The van der Waals surface area contributed by atoms with Gasteiger partial charge in [0.2, 0.25) is 0 Å². The van der Waals surface area contributed by atoms with Crippen molar-refractivity contribution in [3.05, 3.63) is 48.5 Å². The molecule has 12 heteroatoms. The van der Waals surface area contributed by atoms with Crippen molar-refractivity contribution in [2.24, 2.45) is 5.92 Å². The van der Waals surface area contributed by atoms with Crippen molar-refractivity contribution < 1.29 is 46.5 Å². The number of nitrogens with one attached hydrogen (secondary N) is 1. The van der Waals surface area contributed by atoms with Crippen molar-refractivity contribution in [3.8, 4) is 17.2 Å². The van der Waals surface area contributed by atoms with Crippen LogP contribution in [0.1, 0.15) is 0 Å². The Bertz CT molecular complexity index is 899. The highest BCUT2D eigenvalue weighted by Gasteiger charge is 2.31. The molecule has 1 atom stereocenters. The molecule has 0 aliphatic heterocycles. The summed E-state index contributed by atoms with van der Waals surface area (Å²) in [5.74, 6) is -1.42. The van der Waals surface area contributed by atoms with E-state index in [2.05, 4.69) is 4.74 Å². The summed E-state index contributed by atoms with van der Waals surface area (Å²) in [6.07, 6.45) is -4.80. The summed E-state index contributed by atoms with van der Waals surface area (Å²) < 4.78 is 70.7. The Kier molecular flexibility index (Phi) is 8.03. The summed E-state index contributed by atoms with van der Waals surface area (Å²) in [6.45, 7) is -1.05. The highest BCUT2D eigenvalue weighted by Crippen LogP contribution is 2.28.